The highest BCUT2D eigenvalue weighted by atomic mass is 32.3. The first-order chi connectivity index (χ1) is 9.18. The molecule has 0 bridgehead atoms. The van der Waals surface area contributed by atoms with Crippen LogP contribution in [0, 0.1) is 6.92 Å². The Labute approximate surface area is 119 Å². The normalized spacial score (nSPS) is 12.3. The summed E-state index contributed by atoms with van der Waals surface area (Å²) in [6, 6.07) is 4.03. The summed E-state index contributed by atoms with van der Waals surface area (Å²) in [6.07, 6.45) is 0. The number of hydrogen-bond donors (Lipinski definition) is 1. The van der Waals surface area contributed by atoms with Crippen molar-refractivity contribution in [3.63, 3.8) is 0 Å². The molecule has 0 unspecified atom stereocenters. The predicted octanol–water partition coefficient (Wildman–Crippen LogP) is 1.91. The van der Waals surface area contributed by atoms with Crippen molar-refractivity contribution in [3.05, 3.63) is 35.3 Å². The molecule has 0 saturated heterocycles. The van der Waals surface area contributed by atoms with E-state index in [0.717, 1.165) is 35.6 Å². The minimum absolute atomic E-state index is 0.149. The van der Waals surface area contributed by atoms with Gasteiger partial charge in [-0.1, -0.05) is 6.07 Å². The Hall–Kier alpha value is -1.52. The van der Waals surface area contributed by atoms with Gasteiger partial charge in [-0.15, -0.1) is 15.2 Å². The number of aromatic nitrogens is 1. The van der Waals surface area contributed by atoms with Gasteiger partial charge in [0.2, 0.25) is 0 Å². The third kappa shape index (κ3) is 3.32. The van der Waals surface area contributed by atoms with Gasteiger partial charge in [0, 0.05) is 5.38 Å². The van der Waals surface area contributed by atoms with Gasteiger partial charge in [-0.3, -0.25) is 4.72 Å². The summed E-state index contributed by atoms with van der Waals surface area (Å²) >= 11 is 1.09. The lowest BCUT2D eigenvalue weighted by Crippen LogP contribution is -2.13. The van der Waals surface area contributed by atoms with Crippen LogP contribution in [0.3, 0.4) is 0 Å². The second-order valence-corrected chi connectivity index (χ2v) is 7.70. The van der Waals surface area contributed by atoms with Crippen molar-refractivity contribution in [2.75, 3.05) is 4.72 Å². The zero-order valence-corrected chi connectivity index (χ0v) is 12.5. The van der Waals surface area contributed by atoms with E-state index in [4.69, 9.17) is 0 Å². The van der Waals surface area contributed by atoms with E-state index in [1.807, 2.05) is 0 Å². The van der Waals surface area contributed by atoms with Gasteiger partial charge in [0.05, 0.1) is 15.5 Å². The number of anilines is 1. The molecule has 2 aromatic rings. The number of thiazole rings is 1. The van der Waals surface area contributed by atoms with Gasteiger partial charge in [0.15, 0.2) is 5.13 Å². The zero-order valence-electron chi connectivity index (χ0n) is 10.1. The fraction of sp³-hybridized carbons (Fsp3) is 0.100. The molecule has 0 atom stereocenters. The smallest absolute Gasteiger partial charge is 0.255 e. The van der Waals surface area contributed by atoms with Crippen molar-refractivity contribution in [2.24, 2.45) is 0 Å². The van der Waals surface area contributed by atoms with Crippen molar-refractivity contribution >= 4 is 36.7 Å². The Kier molecular flexibility index (Phi) is 3.80. The average Bonchev–Trinajstić information content (AvgIpc) is 2.73. The standard InChI is InChI=1S/C10H9FN2O4S3/c1-7-6-18-10(12-7)13-20(16,17)9-4-2-3-8(5-9)19(11,14)15/h2-6H,1H3,(H,12,13). The number of aryl methyl sites for hydroxylation is 1. The lowest BCUT2D eigenvalue weighted by atomic mass is 10.4. The van der Waals surface area contributed by atoms with Crippen LogP contribution in [0.2, 0.25) is 0 Å². The fourth-order valence-corrected chi connectivity index (χ4v) is 3.94. The molecule has 0 saturated carbocycles. The van der Waals surface area contributed by atoms with Gasteiger partial charge in [-0.05, 0) is 25.1 Å². The number of halogens is 1. The molecule has 0 amide bonds. The Morgan fingerprint density at radius 1 is 1.20 bits per heavy atom. The molecule has 1 aromatic heterocycles. The van der Waals surface area contributed by atoms with Crippen LogP contribution in [0.1, 0.15) is 5.69 Å². The van der Waals surface area contributed by atoms with Crippen LogP contribution in [-0.2, 0) is 20.2 Å². The number of rotatable bonds is 4. The van der Waals surface area contributed by atoms with Gasteiger partial charge >= 0.3 is 10.2 Å². The topological polar surface area (TPSA) is 93.2 Å². The van der Waals surface area contributed by atoms with Crippen LogP contribution >= 0.6 is 11.3 Å². The van der Waals surface area contributed by atoms with Gasteiger partial charge in [-0.25, -0.2) is 13.4 Å². The maximum Gasteiger partial charge on any atom is 0.332 e. The van der Waals surface area contributed by atoms with Crippen LogP contribution in [0.5, 0.6) is 0 Å². The first-order valence-corrected chi connectivity index (χ1v) is 8.93. The van der Waals surface area contributed by atoms with E-state index in [1.165, 1.54) is 0 Å². The lowest BCUT2D eigenvalue weighted by molar-refractivity contribution is 0.552. The molecule has 0 spiro atoms. The van der Waals surface area contributed by atoms with E-state index in [0.29, 0.717) is 5.69 Å². The van der Waals surface area contributed by atoms with Crippen LogP contribution in [0.15, 0.2) is 39.4 Å². The van der Waals surface area contributed by atoms with Gasteiger partial charge in [0.25, 0.3) is 10.0 Å². The van der Waals surface area contributed by atoms with E-state index in [9.17, 15) is 20.7 Å². The van der Waals surface area contributed by atoms with Crippen LogP contribution in [0.25, 0.3) is 0 Å². The highest BCUT2D eigenvalue weighted by molar-refractivity contribution is 7.93. The van der Waals surface area contributed by atoms with E-state index in [2.05, 4.69) is 9.71 Å². The Balaban J connectivity index is 2.40. The van der Waals surface area contributed by atoms with Crippen molar-refractivity contribution < 1.29 is 20.7 Å². The molecule has 10 heteroatoms. The van der Waals surface area contributed by atoms with Crippen LogP contribution in [0.4, 0.5) is 9.02 Å². The molecule has 1 aromatic carbocycles. The van der Waals surface area contributed by atoms with Gasteiger partial charge in [0.1, 0.15) is 0 Å². The Morgan fingerprint density at radius 2 is 1.85 bits per heavy atom. The van der Waals surface area contributed by atoms with E-state index < -0.39 is 25.1 Å². The third-order valence-corrected chi connectivity index (χ3v) is 5.40. The summed E-state index contributed by atoms with van der Waals surface area (Å²) in [7, 11) is -8.98. The first kappa shape index (κ1) is 14.9. The average molecular weight is 336 g/mol. The molecule has 0 fully saturated rings. The second-order valence-electron chi connectivity index (χ2n) is 3.81. The molecule has 1 N–H and O–H groups in total. The molecule has 2 rings (SSSR count). The molecule has 0 aliphatic rings. The maximum absolute atomic E-state index is 12.9. The number of nitrogens with one attached hydrogen (secondary N) is 1. The fourth-order valence-electron chi connectivity index (χ4n) is 1.37. The van der Waals surface area contributed by atoms with Gasteiger partial charge < -0.3 is 0 Å². The molecule has 6 nitrogen and oxygen atoms in total. The highest BCUT2D eigenvalue weighted by Crippen LogP contribution is 2.22. The summed E-state index contributed by atoms with van der Waals surface area (Å²) in [4.78, 5) is 2.86. The molecule has 0 aliphatic heterocycles. The summed E-state index contributed by atoms with van der Waals surface area (Å²) in [6.45, 7) is 1.70. The summed E-state index contributed by atoms with van der Waals surface area (Å²) in [5.74, 6) is 0. The minimum atomic E-state index is -4.96. The predicted molar refractivity (Wildman–Crippen MR) is 72.4 cm³/mol. The van der Waals surface area contributed by atoms with Gasteiger partial charge in [-0.2, -0.15) is 8.42 Å². The van der Waals surface area contributed by atoms with Crippen LogP contribution in [-0.4, -0.2) is 21.8 Å². The number of nitrogens with zero attached hydrogens (tertiary/aromatic N) is 1. The second kappa shape index (κ2) is 5.11. The quantitative estimate of drug-likeness (QED) is 0.861. The third-order valence-electron chi connectivity index (χ3n) is 2.24. The minimum Gasteiger partial charge on any atom is -0.255 e. The molecular weight excluding hydrogens is 327 g/mol. The van der Waals surface area contributed by atoms with E-state index in [1.54, 1.807) is 12.3 Å². The summed E-state index contributed by atoms with van der Waals surface area (Å²) < 4.78 is 60.7. The van der Waals surface area contributed by atoms with E-state index in [-0.39, 0.29) is 10.0 Å². The number of sulfonamides is 1. The lowest BCUT2D eigenvalue weighted by Gasteiger charge is -2.05. The van der Waals surface area contributed by atoms with Crippen molar-refractivity contribution in [3.8, 4) is 0 Å². The maximum atomic E-state index is 12.9. The molecule has 1 heterocycles. The number of benzene rings is 1. The molecular formula is C10H9FN2O4S3. The van der Waals surface area contributed by atoms with E-state index >= 15 is 0 Å². The summed E-state index contributed by atoms with van der Waals surface area (Å²) in [5.41, 5.74) is 0.646. The Morgan fingerprint density at radius 3 is 2.40 bits per heavy atom. The van der Waals surface area contributed by atoms with Crippen molar-refractivity contribution in [1.29, 1.82) is 0 Å². The zero-order chi connectivity index (χ0) is 15.0. The first-order valence-electron chi connectivity index (χ1n) is 5.18. The Bertz CT molecular complexity index is 843. The molecule has 20 heavy (non-hydrogen) atoms. The van der Waals surface area contributed by atoms with Crippen molar-refractivity contribution in [2.45, 2.75) is 16.7 Å². The van der Waals surface area contributed by atoms with Crippen molar-refractivity contribution in [1.82, 2.24) is 4.98 Å². The highest BCUT2D eigenvalue weighted by Gasteiger charge is 2.19. The molecule has 0 aliphatic carbocycles. The largest absolute Gasteiger partial charge is 0.332 e. The summed E-state index contributed by atoms with van der Waals surface area (Å²) in [5, 5.41) is 1.80. The monoisotopic (exact) mass is 336 g/mol. The van der Waals surface area contributed by atoms with Crippen LogP contribution < -0.4 is 4.72 Å². The molecule has 0 radical (unpaired) electrons. The molecule has 108 valence electrons. The SMILES string of the molecule is Cc1csc(NS(=O)(=O)c2cccc(S(=O)(=O)F)c2)n1. The number of hydrogen-bond acceptors (Lipinski definition) is 6.